The standard InChI is InChI=1S/C16H32BNO3/c1-6-7-10-13(14(18)19)11-8-9-12-17-20-15(2,3)16(4,5)21-17/h13H,6-12H2,1-5H3,(H2,18,19). The highest BCUT2D eigenvalue weighted by atomic mass is 16.7. The van der Waals surface area contributed by atoms with Gasteiger partial charge >= 0.3 is 7.12 Å². The third kappa shape index (κ3) is 5.30. The molecule has 21 heavy (non-hydrogen) atoms. The third-order valence-corrected chi connectivity index (χ3v) is 4.85. The first-order valence-electron chi connectivity index (χ1n) is 8.34. The Morgan fingerprint density at radius 1 is 1.05 bits per heavy atom. The molecule has 0 saturated carbocycles. The van der Waals surface area contributed by atoms with Crippen molar-refractivity contribution in [3.63, 3.8) is 0 Å². The van der Waals surface area contributed by atoms with Crippen LogP contribution in [0.5, 0.6) is 0 Å². The van der Waals surface area contributed by atoms with Crippen LogP contribution in [0.3, 0.4) is 0 Å². The van der Waals surface area contributed by atoms with E-state index in [2.05, 4.69) is 34.6 Å². The van der Waals surface area contributed by atoms with Gasteiger partial charge in [-0.3, -0.25) is 4.79 Å². The van der Waals surface area contributed by atoms with Crippen LogP contribution in [0.4, 0.5) is 0 Å². The average molecular weight is 297 g/mol. The Bertz CT molecular complexity index is 328. The number of unbranched alkanes of at least 4 members (excludes halogenated alkanes) is 2. The molecule has 0 radical (unpaired) electrons. The number of amides is 1. The van der Waals surface area contributed by atoms with Crippen molar-refractivity contribution < 1.29 is 14.1 Å². The minimum atomic E-state index is -0.255. The summed E-state index contributed by atoms with van der Waals surface area (Å²) < 4.78 is 11.9. The second-order valence-corrected chi connectivity index (χ2v) is 7.21. The van der Waals surface area contributed by atoms with Crippen molar-refractivity contribution in [3.8, 4) is 0 Å². The Morgan fingerprint density at radius 2 is 1.57 bits per heavy atom. The van der Waals surface area contributed by atoms with E-state index >= 15 is 0 Å². The van der Waals surface area contributed by atoms with E-state index in [0.717, 1.165) is 44.8 Å². The number of carbonyl (C=O) groups excluding carboxylic acids is 1. The lowest BCUT2D eigenvalue weighted by molar-refractivity contribution is -0.122. The van der Waals surface area contributed by atoms with Crippen LogP contribution < -0.4 is 5.73 Å². The van der Waals surface area contributed by atoms with Gasteiger partial charge in [-0.15, -0.1) is 0 Å². The van der Waals surface area contributed by atoms with Gasteiger partial charge in [0.15, 0.2) is 0 Å². The van der Waals surface area contributed by atoms with Crippen molar-refractivity contribution >= 4 is 13.0 Å². The van der Waals surface area contributed by atoms with Gasteiger partial charge in [0.1, 0.15) is 0 Å². The maximum absolute atomic E-state index is 11.4. The van der Waals surface area contributed by atoms with E-state index in [1.807, 2.05) is 0 Å². The van der Waals surface area contributed by atoms with Gasteiger partial charge in [-0.1, -0.05) is 32.6 Å². The Hall–Kier alpha value is -0.545. The number of hydrogen-bond donors (Lipinski definition) is 1. The first-order chi connectivity index (χ1) is 9.69. The van der Waals surface area contributed by atoms with E-state index in [1.165, 1.54) is 0 Å². The molecule has 5 heteroatoms. The first-order valence-corrected chi connectivity index (χ1v) is 8.34. The van der Waals surface area contributed by atoms with E-state index in [-0.39, 0.29) is 30.1 Å². The lowest BCUT2D eigenvalue weighted by Crippen LogP contribution is -2.41. The first kappa shape index (κ1) is 18.5. The summed E-state index contributed by atoms with van der Waals surface area (Å²) in [5.74, 6) is -0.123. The molecule has 122 valence electrons. The second-order valence-electron chi connectivity index (χ2n) is 7.21. The van der Waals surface area contributed by atoms with Gasteiger partial charge < -0.3 is 15.0 Å². The number of nitrogens with two attached hydrogens (primary N) is 1. The fraction of sp³-hybridized carbons (Fsp3) is 0.938. The Morgan fingerprint density at radius 3 is 2.05 bits per heavy atom. The highest BCUT2D eigenvalue weighted by Crippen LogP contribution is 2.38. The molecule has 1 amide bonds. The molecule has 1 rings (SSSR count). The zero-order valence-electron chi connectivity index (χ0n) is 14.4. The van der Waals surface area contributed by atoms with Crippen molar-refractivity contribution in [2.45, 2.75) is 90.7 Å². The lowest BCUT2D eigenvalue weighted by Gasteiger charge is -2.32. The molecule has 1 aliphatic heterocycles. The van der Waals surface area contributed by atoms with Crippen molar-refractivity contribution in [2.75, 3.05) is 0 Å². The molecule has 1 unspecified atom stereocenters. The zero-order chi connectivity index (χ0) is 16.1. The molecule has 1 aliphatic rings. The van der Waals surface area contributed by atoms with E-state index < -0.39 is 0 Å². The monoisotopic (exact) mass is 297 g/mol. The molecule has 0 spiro atoms. The van der Waals surface area contributed by atoms with Crippen LogP contribution in [0, 0.1) is 5.92 Å². The van der Waals surface area contributed by atoms with E-state index in [9.17, 15) is 4.79 Å². The van der Waals surface area contributed by atoms with Crippen LogP contribution in [0.1, 0.15) is 73.1 Å². The molecule has 0 aromatic rings. The molecule has 2 N–H and O–H groups in total. The summed E-state index contributed by atoms with van der Waals surface area (Å²) in [7, 11) is -0.127. The SMILES string of the molecule is CCCCC(CCCCB1OC(C)(C)C(C)(C)O1)C(N)=O. The van der Waals surface area contributed by atoms with Gasteiger partial charge in [-0.2, -0.15) is 0 Å². The molecule has 0 aromatic heterocycles. The highest BCUT2D eigenvalue weighted by Gasteiger charge is 2.50. The largest absolute Gasteiger partial charge is 0.457 e. The van der Waals surface area contributed by atoms with Gasteiger partial charge in [0.05, 0.1) is 11.2 Å². The minimum absolute atomic E-state index is 0.0308. The molecular formula is C16H32BNO3. The summed E-state index contributed by atoms with van der Waals surface area (Å²) in [5, 5.41) is 0. The maximum atomic E-state index is 11.4. The number of rotatable bonds is 9. The molecule has 0 bridgehead atoms. The lowest BCUT2D eigenvalue weighted by atomic mass is 9.81. The summed E-state index contributed by atoms with van der Waals surface area (Å²) in [6, 6.07) is 0. The predicted octanol–water partition coefficient (Wildman–Crippen LogP) is 3.54. The number of carbonyl (C=O) groups is 1. The summed E-state index contributed by atoms with van der Waals surface area (Å²) in [6.07, 6.45) is 6.87. The molecule has 0 aromatic carbocycles. The topological polar surface area (TPSA) is 61.6 Å². The molecule has 1 heterocycles. The predicted molar refractivity (Wildman–Crippen MR) is 86.9 cm³/mol. The van der Waals surface area contributed by atoms with Crippen LogP contribution >= 0.6 is 0 Å². The van der Waals surface area contributed by atoms with Gasteiger partial charge in [0, 0.05) is 5.92 Å². The number of hydrogen-bond acceptors (Lipinski definition) is 3. The van der Waals surface area contributed by atoms with Gasteiger partial charge in [-0.25, -0.2) is 0 Å². The van der Waals surface area contributed by atoms with Crippen LogP contribution in [0.25, 0.3) is 0 Å². The summed E-state index contributed by atoms with van der Waals surface area (Å²) in [4.78, 5) is 11.4. The summed E-state index contributed by atoms with van der Waals surface area (Å²) in [5.41, 5.74) is 4.95. The van der Waals surface area contributed by atoms with Gasteiger partial charge in [-0.05, 0) is 46.9 Å². The average Bonchev–Trinajstić information content (AvgIpc) is 2.56. The Labute approximate surface area is 130 Å². The quantitative estimate of drug-likeness (QED) is 0.523. The van der Waals surface area contributed by atoms with Crippen LogP contribution in [-0.2, 0) is 14.1 Å². The zero-order valence-corrected chi connectivity index (χ0v) is 14.4. The van der Waals surface area contributed by atoms with Crippen LogP contribution in [0.15, 0.2) is 0 Å². The van der Waals surface area contributed by atoms with Gasteiger partial charge in [0.2, 0.25) is 5.91 Å². The fourth-order valence-electron chi connectivity index (χ4n) is 2.66. The Kier molecular flexibility index (Phi) is 6.73. The molecule has 4 nitrogen and oxygen atoms in total. The van der Waals surface area contributed by atoms with Crippen molar-refractivity contribution in [3.05, 3.63) is 0 Å². The molecule has 1 saturated heterocycles. The van der Waals surface area contributed by atoms with Crippen molar-refractivity contribution in [2.24, 2.45) is 11.7 Å². The fourth-order valence-corrected chi connectivity index (χ4v) is 2.66. The smallest absolute Gasteiger partial charge is 0.403 e. The van der Waals surface area contributed by atoms with E-state index in [0.29, 0.717) is 0 Å². The molecule has 0 aliphatic carbocycles. The Balaban J connectivity index is 2.27. The molecule has 1 atom stereocenters. The van der Waals surface area contributed by atoms with Gasteiger partial charge in [0.25, 0.3) is 0 Å². The van der Waals surface area contributed by atoms with E-state index in [4.69, 9.17) is 15.0 Å². The minimum Gasteiger partial charge on any atom is -0.403 e. The van der Waals surface area contributed by atoms with Crippen molar-refractivity contribution in [1.29, 1.82) is 0 Å². The summed E-state index contributed by atoms with van der Waals surface area (Å²) >= 11 is 0. The number of primary amides is 1. The maximum Gasteiger partial charge on any atom is 0.457 e. The normalized spacial score (nSPS) is 21.5. The highest BCUT2D eigenvalue weighted by molar-refractivity contribution is 6.45. The molecule has 1 fully saturated rings. The molecular weight excluding hydrogens is 265 g/mol. The van der Waals surface area contributed by atoms with E-state index in [1.54, 1.807) is 0 Å². The summed E-state index contributed by atoms with van der Waals surface area (Å²) in [6.45, 7) is 10.4. The van der Waals surface area contributed by atoms with Crippen molar-refractivity contribution in [1.82, 2.24) is 0 Å². The second kappa shape index (κ2) is 7.64. The van der Waals surface area contributed by atoms with Crippen LogP contribution in [0.2, 0.25) is 6.32 Å². The van der Waals surface area contributed by atoms with Crippen LogP contribution in [-0.4, -0.2) is 24.2 Å². The third-order valence-electron chi connectivity index (χ3n) is 4.85.